The standard InChI is InChI=1S/C17H31NO/c1-6-7-8-9-10-11-13(2)18-12-17(19)15(4)14(3)16(18)5/h13-14,17,19H,4-12H2,1-3H3/t13?,14?,17-/m0/s1. The monoisotopic (exact) mass is 265 g/mol. The van der Waals surface area contributed by atoms with E-state index in [-0.39, 0.29) is 5.92 Å². The average Bonchev–Trinajstić information content (AvgIpc) is 2.40. The van der Waals surface area contributed by atoms with Crippen molar-refractivity contribution in [1.29, 1.82) is 0 Å². The molecule has 2 heteroatoms. The molecule has 110 valence electrons. The Morgan fingerprint density at radius 2 is 1.89 bits per heavy atom. The lowest BCUT2D eigenvalue weighted by molar-refractivity contribution is 0.0973. The molecule has 0 bridgehead atoms. The zero-order valence-electron chi connectivity index (χ0n) is 13.0. The highest BCUT2D eigenvalue weighted by atomic mass is 16.3. The summed E-state index contributed by atoms with van der Waals surface area (Å²) < 4.78 is 0. The first-order valence-corrected chi connectivity index (χ1v) is 7.81. The molecule has 0 aromatic carbocycles. The van der Waals surface area contributed by atoms with Crippen LogP contribution < -0.4 is 0 Å². The van der Waals surface area contributed by atoms with Gasteiger partial charge in [0, 0.05) is 24.2 Å². The Morgan fingerprint density at radius 1 is 1.26 bits per heavy atom. The summed E-state index contributed by atoms with van der Waals surface area (Å²) in [6, 6.07) is 0.472. The Morgan fingerprint density at radius 3 is 2.53 bits per heavy atom. The third kappa shape index (κ3) is 4.38. The lowest BCUT2D eigenvalue weighted by atomic mass is 9.88. The fourth-order valence-corrected chi connectivity index (χ4v) is 2.83. The first-order chi connectivity index (χ1) is 8.99. The number of rotatable bonds is 7. The second-order valence-corrected chi connectivity index (χ2v) is 6.01. The van der Waals surface area contributed by atoms with Gasteiger partial charge in [-0.05, 0) is 18.9 Å². The third-order valence-corrected chi connectivity index (χ3v) is 4.48. The SMILES string of the molecule is C=C1C(C)C(=C)N(C(C)CCCCCCC)C[C@@H]1O. The smallest absolute Gasteiger partial charge is 0.0928 e. The molecule has 0 aliphatic carbocycles. The molecule has 0 aromatic rings. The first-order valence-electron chi connectivity index (χ1n) is 7.81. The molecule has 1 rings (SSSR count). The Kier molecular flexibility index (Phi) is 6.64. The summed E-state index contributed by atoms with van der Waals surface area (Å²) in [5.74, 6) is 0.200. The van der Waals surface area contributed by atoms with E-state index in [1.54, 1.807) is 0 Å². The van der Waals surface area contributed by atoms with Crippen LogP contribution in [0.4, 0.5) is 0 Å². The van der Waals surface area contributed by atoms with E-state index in [9.17, 15) is 5.11 Å². The van der Waals surface area contributed by atoms with Gasteiger partial charge in [-0.3, -0.25) is 0 Å². The van der Waals surface area contributed by atoms with Crippen molar-refractivity contribution in [2.24, 2.45) is 5.92 Å². The highest BCUT2D eigenvalue weighted by Gasteiger charge is 2.31. The number of likely N-dealkylation sites (tertiary alicyclic amines) is 1. The number of hydrogen-bond donors (Lipinski definition) is 1. The van der Waals surface area contributed by atoms with E-state index in [0.29, 0.717) is 12.6 Å². The molecule has 1 heterocycles. The Labute approximate surface area is 119 Å². The van der Waals surface area contributed by atoms with Gasteiger partial charge in [-0.15, -0.1) is 0 Å². The molecular formula is C17H31NO. The van der Waals surface area contributed by atoms with Crippen LogP contribution in [0.25, 0.3) is 0 Å². The third-order valence-electron chi connectivity index (χ3n) is 4.48. The first kappa shape index (κ1) is 16.3. The molecule has 0 spiro atoms. The van der Waals surface area contributed by atoms with E-state index in [4.69, 9.17) is 0 Å². The zero-order chi connectivity index (χ0) is 14.4. The van der Waals surface area contributed by atoms with Crippen molar-refractivity contribution in [3.05, 3.63) is 24.4 Å². The number of aliphatic hydroxyl groups excluding tert-OH is 1. The second-order valence-electron chi connectivity index (χ2n) is 6.01. The molecule has 19 heavy (non-hydrogen) atoms. The summed E-state index contributed by atoms with van der Waals surface area (Å²) in [6.45, 7) is 15.4. The van der Waals surface area contributed by atoms with Gasteiger partial charge in [-0.1, -0.05) is 59.1 Å². The molecule has 0 amide bonds. The molecule has 0 radical (unpaired) electrons. The summed E-state index contributed by atoms with van der Waals surface area (Å²) in [5, 5.41) is 10.0. The summed E-state index contributed by atoms with van der Waals surface area (Å²) in [6.07, 6.45) is 7.38. The Bertz CT molecular complexity index is 310. The van der Waals surface area contributed by atoms with Gasteiger partial charge in [0.05, 0.1) is 6.10 Å². The minimum atomic E-state index is -0.400. The maximum absolute atomic E-state index is 10.0. The normalized spacial score (nSPS) is 25.8. The topological polar surface area (TPSA) is 23.5 Å². The van der Waals surface area contributed by atoms with E-state index < -0.39 is 6.10 Å². The molecule has 0 saturated carbocycles. The highest BCUT2D eigenvalue weighted by Crippen LogP contribution is 2.31. The summed E-state index contributed by atoms with van der Waals surface area (Å²) in [7, 11) is 0. The van der Waals surface area contributed by atoms with Crippen molar-refractivity contribution in [2.45, 2.75) is 71.4 Å². The van der Waals surface area contributed by atoms with Crippen molar-refractivity contribution in [1.82, 2.24) is 4.90 Å². The van der Waals surface area contributed by atoms with Crippen LogP contribution in [-0.2, 0) is 0 Å². The molecule has 2 nitrogen and oxygen atoms in total. The molecule has 1 fully saturated rings. The van der Waals surface area contributed by atoms with E-state index >= 15 is 0 Å². The van der Waals surface area contributed by atoms with Crippen molar-refractivity contribution in [3.8, 4) is 0 Å². The molecule has 1 aliphatic heterocycles. The van der Waals surface area contributed by atoms with Gasteiger partial charge in [-0.25, -0.2) is 0 Å². The van der Waals surface area contributed by atoms with Crippen LogP contribution in [-0.4, -0.2) is 28.7 Å². The number of allylic oxidation sites excluding steroid dienone is 1. The predicted molar refractivity (Wildman–Crippen MR) is 83.0 cm³/mol. The molecule has 1 saturated heterocycles. The largest absolute Gasteiger partial charge is 0.387 e. The van der Waals surface area contributed by atoms with E-state index in [1.165, 1.54) is 38.5 Å². The van der Waals surface area contributed by atoms with E-state index in [1.807, 2.05) is 0 Å². The van der Waals surface area contributed by atoms with Gasteiger partial charge < -0.3 is 10.0 Å². The number of unbranched alkanes of at least 4 members (excludes halogenated alkanes) is 4. The summed E-state index contributed by atoms with van der Waals surface area (Å²) >= 11 is 0. The van der Waals surface area contributed by atoms with E-state index in [2.05, 4.69) is 38.8 Å². The molecule has 0 aromatic heterocycles. The maximum Gasteiger partial charge on any atom is 0.0928 e. The van der Waals surface area contributed by atoms with Crippen LogP contribution in [0.1, 0.15) is 59.3 Å². The Balaban J connectivity index is 2.41. The van der Waals surface area contributed by atoms with Gasteiger partial charge in [0.15, 0.2) is 0 Å². The summed E-state index contributed by atoms with van der Waals surface area (Å²) in [5.41, 5.74) is 2.03. The number of β-amino-alcohol motifs (C(OH)–C–C–N with tert-alkyl or cyclic N) is 1. The Hall–Kier alpha value is -0.760. The molecular weight excluding hydrogens is 234 g/mol. The zero-order valence-corrected chi connectivity index (χ0v) is 13.0. The fraction of sp³-hybridized carbons (Fsp3) is 0.765. The van der Waals surface area contributed by atoms with Crippen LogP contribution in [0, 0.1) is 5.92 Å². The van der Waals surface area contributed by atoms with Crippen LogP contribution >= 0.6 is 0 Å². The van der Waals surface area contributed by atoms with Gasteiger partial charge in [-0.2, -0.15) is 0 Å². The number of piperidine rings is 1. The summed E-state index contributed by atoms with van der Waals surface area (Å²) in [4.78, 5) is 2.28. The molecule has 1 aliphatic rings. The predicted octanol–water partition coefficient (Wildman–Crippen LogP) is 4.12. The van der Waals surface area contributed by atoms with Gasteiger partial charge >= 0.3 is 0 Å². The number of nitrogens with zero attached hydrogens (tertiary/aromatic N) is 1. The minimum absolute atomic E-state index is 0.200. The molecule has 2 unspecified atom stereocenters. The maximum atomic E-state index is 10.0. The van der Waals surface area contributed by atoms with Crippen LogP contribution in [0.15, 0.2) is 24.4 Å². The quantitative estimate of drug-likeness (QED) is 0.553. The molecule has 3 atom stereocenters. The van der Waals surface area contributed by atoms with Crippen molar-refractivity contribution in [2.75, 3.05) is 6.54 Å². The molecule has 1 N–H and O–H groups in total. The number of hydrogen-bond acceptors (Lipinski definition) is 2. The van der Waals surface area contributed by atoms with Crippen LogP contribution in [0.2, 0.25) is 0 Å². The number of aliphatic hydroxyl groups is 1. The fourth-order valence-electron chi connectivity index (χ4n) is 2.83. The van der Waals surface area contributed by atoms with Crippen LogP contribution in [0.5, 0.6) is 0 Å². The highest BCUT2D eigenvalue weighted by molar-refractivity contribution is 5.23. The van der Waals surface area contributed by atoms with Gasteiger partial charge in [0.2, 0.25) is 0 Å². The lowest BCUT2D eigenvalue weighted by Crippen LogP contribution is -2.45. The van der Waals surface area contributed by atoms with Crippen molar-refractivity contribution >= 4 is 0 Å². The second kappa shape index (κ2) is 7.74. The minimum Gasteiger partial charge on any atom is -0.387 e. The van der Waals surface area contributed by atoms with Crippen LogP contribution in [0.3, 0.4) is 0 Å². The van der Waals surface area contributed by atoms with Crippen molar-refractivity contribution in [3.63, 3.8) is 0 Å². The van der Waals surface area contributed by atoms with Gasteiger partial charge in [0.25, 0.3) is 0 Å². The average molecular weight is 265 g/mol. The lowest BCUT2D eigenvalue weighted by Gasteiger charge is -2.43. The van der Waals surface area contributed by atoms with Gasteiger partial charge in [0.1, 0.15) is 0 Å². The van der Waals surface area contributed by atoms with E-state index in [0.717, 1.165) is 11.3 Å². The van der Waals surface area contributed by atoms with Crippen molar-refractivity contribution < 1.29 is 5.11 Å².